The Bertz CT molecular complexity index is 1500. The number of aromatic nitrogens is 1. The molecule has 2 aromatic carbocycles. The lowest BCUT2D eigenvalue weighted by atomic mass is 10.0. The minimum Gasteiger partial charge on any atom is -0.465 e. The minimum absolute atomic E-state index is 0.0178. The third-order valence-corrected chi connectivity index (χ3v) is 6.84. The number of alkyl halides is 3. The van der Waals surface area contributed by atoms with Crippen LogP contribution in [0.1, 0.15) is 29.8 Å². The molecule has 0 aliphatic carbocycles. The van der Waals surface area contributed by atoms with Gasteiger partial charge in [-0.05, 0) is 85.8 Å². The number of esters is 1. The number of rotatable bonds is 7. The first kappa shape index (κ1) is 29.4. The first-order valence-electron chi connectivity index (χ1n) is 12.0. The van der Waals surface area contributed by atoms with Crippen LogP contribution in [0.25, 0.3) is 0 Å². The van der Waals surface area contributed by atoms with E-state index in [-0.39, 0.29) is 40.3 Å². The molecule has 5 amide bonds. The lowest BCUT2D eigenvalue weighted by molar-refractivity contribution is -0.123. The number of anilines is 3. The number of urea groups is 2. The van der Waals surface area contributed by atoms with Gasteiger partial charge in [-0.25, -0.2) is 24.3 Å². The summed E-state index contributed by atoms with van der Waals surface area (Å²) in [5.74, 6) is -0.938. The summed E-state index contributed by atoms with van der Waals surface area (Å²) < 4.78 is 42.7. The van der Waals surface area contributed by atoms with Gasteiger partial charge in [0, 0.05) is 23.3 Å². The Morgan fingerprint density at radius 1 is 1.02 bits per heavy atom. The fourth-order valence-corrected chi connectivity index (χ4v) is 4.61. The highest BCUT2D eigenvalue weighted by molar-refractivity contribution is 8.00. The van der Waals surface area contributed by atoms with Crippen LogP contribution in [0.4, 0.5) is 40.0 Å². The van der Waals surface area contributed by atoms with E-state index < -0.39 is 35.0 Å². The topological polar surface area (TPSA) is 121 Å². The van der Waals surface area contributed by atoms with Gasteiger partial charge < -0.3 is 15.0 Å². The summed E-state index contributed by atoms with van der Waals surface area (Å²) >= 11 is -0.294. The fourth-order valence-electron chi connectivity index (χ4n) is 4.07. The Kier molecular flexibility index (Phi) is 8.24. The number of carbonyl (C=O) groups excluding carboxylic acids is 4. The second-order valence-corrected chi connectivity index (χ2v) is 10.4. The van der Waals surface area contributed by atoms with Crippen LogP contribution in [0.5, 0.6) is 0 Å². The largest absolute Gasteiger partial charge is 0.465 e. The maximum absolute atomic E-state index is 13.3. The van der Waals surface area contributed by atoms with E-state index in [2.05, 4.69) is 20.4 Å². The van der Waals surface area contributed by atoms with E-state index in [4.69, 9.17) is 0 Å². The van der Waals surface area contributed by atoms with Crippen molar-refractivity contribution in [3.63, 3.8) is 0 Å². The second-order valence-electron chi connectivity index (χ2n) is 9.31. The molecule has 0 bridgehead atoms. The van der Waals surface area contributed by atoms with Crippen molar-refractivity contribution in [2.75, 3.05) is 22.6 Å². The van der Waals surface area contributed by atoms with Gasteiger partial charge >= 0.3 is 23.5 Å². The van der Waals surface area contributed by atoms with Gasteiger partial charge in [-0.1, -0.05) is 6.07 Å². The van der Waals surface area contributed by atoms with Crippen molar-refractivity contribution < 1.29 is 37.1 Å². The summed E-state index contributed by atoms with van der Waals surface area (Å²) in [6.45, 7) is 3.12. The van der Waals surface area contributed by atoms with Gasteiger partial charge in [-0.2, -0.15) is 13.2 Å². The average Bonchev–Trinajstić information content (AvgIpc) is 3.07. The number of nitrogens with one attached hydrogen (secondary N) is 2. The predicted molar refractivity (Wildman–Crippen MR) is 146 cm³/mol. The molecule has 0 atom stereocenters. The van der Waals surface area contributed by atoms with Gasteiger partial charge in [0.05, 0.1) is 18.4 Å². The molecule has 0 spiro atoms. The molecule has 2 N–H and O–H groups in total. The fraction of sp³-hybridized carbons (Fsp3) is 0.222. The van der Waals surface area contributed by atoms with Gasteiger partial charge in [-0.3, -0.25) is 10.1 Å². The molecular formula is C27H24F3N5O5S. The molecule has 0 radical (unpaired) electrons. The van der Waals surface area contributed by atoms with Crippen LogP contribution in [-0.4, -0.2) is 52.0 Å². The van der Waals surface area contributed by atoms with E-state index in [0.29, 0.717) is 11.3 Å². The lowest BCUT2D eigenvalue weighted by Gasteiger charge is -2.27. The normalized spacial score (nSPS) is 14.7. The summed E-state index contributed by atoms with van der Waals surface area (Å²) in [7, 11) is 1.25. The van der Waals surface area contributed by atoms with E-state index in [1.54, 1.807) is 32.0 Å². The highest BCUT2D eigenvalue weighted by Crippen LogP contribution is 2.39. The van der Waals surface area contributed by atoms with Crippen molar-refractivity contribution in [3.8, 4) is 0 Å². The molecule has 3 aromatic rings. The zero-order chi connectivity index (χ0) is 29.9. The summed E-state index contributed by atoms with van der Waals surface area (Å²) in [6, 6.07) is 13.0. The van der Waals surface area contributed by atoms with Crippen LogP contribution in [0.15, 0.2) is 71.8 Å². The Hall–Kier alpha value is -4.59. The third kappa shape index (κ3) is 6.77. The van der Waals surface area contributed by atoms with Gasteiger partial charge in [0.1, 0.15) is 11.4 Å². The molecule has 14 heteroatoms. The number of thioether (sulfide) groups is 1. The van der Waals surface area contributed by atoms with Gasteiger partial charge in [0.2, 0.25) is 0 Å². The van der Waals surface area contributed by atoms with E-state index >= 15 is 0 Å². The number of carbonyl (C=O) groups is 4. The minimum atomic E-state index is -4.46. The number of hydrogen-bond donors (Lipinski definition) is 2. The van der Waals surface area contributed by atoms with Gasteiger partial charge in [0.25, 0.3) is 5.91 Å². The smallest absolute Gasteiger partial charge is 0.446 e. The zero-order valence-corrected chi connectivity index (χ0v) is 22.8. The lowest BCUT2D eigenvalue weighted by Crippen LogP contribution is -2.43. The standard InChI is InChI=1S/C27H24F3N5O5S/c1-26(2)23(37)35(19-7-9-20(10-8-19)41-27(28,29)30)25(39)34(26)15-16-11-12-31-21(13-16)33-24(38)32-18-6-4-5-17(14-18)22(36)40-3/h4-14H,15H2,1-3H3,(H2,31,32,33,38). The van der Waals surface area contributed by atoms with Crippen molar-refractivity contribution in [1.29, 1.82) is 0 Å². The van der Waals surface area contributed by atoms with E-state index in [1.165, 1.54) is 60.7 Å². The molecule has 0 unspecified atom stereocenters. The highest BCUT2D eigenvalue weighted by atomic mass is 32.2. The summed E-state index contributed by atoms with van der Waals surface area (Å²) in [5.41, 5.74) is -4.44. The highest BCUT2D eigenvalue weighted by Gasteiger charge is 2.51. The predicted octanol–water partition coefficient (Wildman–Crippen LogP) is 5.87. The summed E-state index contributed by atoms with van der Waals surface area (Å²) in [6.07, 6.45) is 1.42. The van der Waals surface area contributed by atoms with Crippen LogP contribution in [0.2, 0.25) is 0 Å². The number of imide groups is 1. The van der Waals surface area contributed by atoms with Crippen LogP contribution < -0.4 is 15.5 Å². The molecule has 214 valence electrons. The van der Waals surface area contributed by atoms with Crippen LogP contribution in [0.3, 0.4) is 0 Å². The number of ether oxygens (including phenoxy) is 1. The third-order valence-electron chi connectivity index (χ3n) is 6.10. The molecule has 41 heavy (non-hydrogen) atoms. The van der Waals surface area contributed by atoms with Crippen molar-refractivity contribution in [2.24, 2.45) is 0 Å². The Morgan fingerprint density at radius 2 is 1.73 bits per heavy atom. The van der Waals surface area contributed by atoms with Crippen LogP contribution in [0, 0.1) is 0 Å². The van der Waals surface area contributed by atoms with Crippen LogP contribution >= 0.6 is 11.8 Å². The zero-order valence-electron chi connectivity index (χ0n) is 22.0. The Balaban J connectivity index is 1.46. The maximum atomic E-state index is 13.3. The number of halogens is 3. The second kappa shape index (κ2) is 11.5. The summed E-state index contributed by atoms with van der Waals surface area (Å²) in [4.78, 5) is 57.1. The van der Waals surface area contributed by atoms with Crippen molar-refractivity contribution in [3.05, 3.63) is 78.0 Å². The monoisotopic (exact) mass is 587 g/mol. The van der Waals surface area contributed by atoms with E-state index in [0.717, 1.165) is 4.90 Å². The molecule has 1 aromatic heterocycles. The number of nitrogens with zero attached hydrogens (tertiary/aromatic N) is 3. The van der Waals surface area contributed by atoms with Gasteiger partial charge in [-0.15, -0.1) is 0 Å². The Morgan fingerprint density at radius 3 is 2.39 bits per heavy atom. The maximum Gasteiger partial charge on any atom is 0.446 e. The molecule has 4 rings (SSSR count). The molecular weight excluding hydrogens is 563 g/mol. The van der Waals surface area contributed by atoms with E-state index in [1.807, 2.05) is 0 Å². The number of benzene rings is 2. The summed E-state index contributed by atoms with van der Waals surface area (Å²) in [5, 5.41) is 5.17. The molecule has 1 fully saturated rings. The number of methoxy groups -OCH3 is 1. The molecule has 1 saturated heterocycles. The first-order valence-corrected chi connectivity index (χ1v) is 12.8. The molecule has 1 aliphatic rings. The molecule has 1 aliphatic heterocycles. The average molecular weight is 588 g/mol. The number of hydrogen-bond acceptors (Lipinski definition) is 7. The van der Waals surface area contributed by atoms with Crippen LogP contribution in [-0.2, 0) is 16.1 Å². The SMILES string of the molecule is COC(=O)c1cccc(NC(=O)Nc2cc(CN3C(=O)N(c4ccc(SC(F)(F)F)cc4)C(=O)C3(C)C)ccn2)c1. The Labute approximate surface area is 236 Å². The first-order chi connectivity index (χ1) is 19.3. The van der Waals surface area contributed by atoms with E-state index in [9.17, 15) is 32.3 Å². The van der Waals surface area contributed by atoms with Gasteiger partial charge in [0.15, 0.2) is 0 Å². The number of amides is 5. The molecule has 0 saturated carbocycles. The quantitative estimate of drug-likeness (QED) is 0.201. The van der Waals surface area contributed by atoms with Crippen molar-refractivity contribution >= 4 is 52.9 Å². The van der Waals surface area contributed by atoms with Crippen molar-refractivity contribution in [2.45, 2.75) is 36.3 Å². The van der Waals surface area contributed by atoms with Crippen molar-refractivity contribution in [1.82, 2.24) is 9.88 Å². The molecule has 10 nitrogen and oxygen atoms in total. The molecule has 2 heterocycles. The number of pyridine rings is 1.